The molecule has 0 atom stereocenters. The second-order valence-corrected chi connectivity index (χ2v) is 9.69. The Balaban J connectivity index is 1.12. The quantitative estimate of drug-likeness (QED) is 0.213. The Hall–Kier alpha value is -3.96. The normalized spacial score (nSPS) is 14.2. The van der Waals surface area contributed by atoms with E-state index in [2.05, 4.69) is 63.1 Å². The van der Waals surface area contributed by atoms with Crippen LogP contribution in [-0.4, -0.2) is 40.0 Å². The van der Waals surface area contributed by atoms with Gasteiger partial charge >= 0.3 is 0 Å². The first-order valence-electron chi connectivity index (χ1n) is 13.1. The van der Waals surface area contributed by atoms with Gasteiger partial charge in [0.15, 0.2) is 0 Å². The SMILES string of the molecule is Cc1cc(NC(=O)/C=C/c2ccccc2)cc2ncn(CCCCN3CC=C(c4ccccc4)CC3)c12. The van der Waals surface area contributed by atoms with Crippen molar-refractivity contribution in [3.63, 3.8) is 0 Å². The van der Waals surface area contributed by atoms with Crippen molar-refractivity contribution >= 4 is 34.3 Å². The number of nitrogens with one attached hydrogen (secondary N) is 1. The van der Waals surface area contributed by atoms with E-state index in [0.29, 0.717) is 0 Å². The first-order chi connectivity index (χ1) is 18.2. The standard InChI is InChI=1S/C32H34N4O/c1-25-22-29(34-31(37)15-14-26-10-4-2-5-11-26)23-30-32(25)36(24-33-30)19-9-8-18-35-20-16-28(17-21-35)27-12-6-3-7-13-27/h2-7,10-16,22-24H,8-9,17-21H2,1H3,(H,34,37)/b15-14+. The van der Waals surface area contributed by atoms with Gasteiger partial charge in [-0.05, 0) is 73.2 Å². The van der Waals surface area contributed by atoms with E-state index in [1.807, 2.05) is 54.9 Å². The van der Waals surface area contributed by atoms with Gasteiger partial charge in [0.2, 0.25) is 5.91 Å². The van der Waals surface area contributed by atoms with Crippen molar-refractivity contribution in [2.75, 3.05) is 25.0 Å². The molecule has 0 fully saturated rings. The summed E-state index contributed by atoms with van der Waals surface area (Å²) in [5, 5.41) is 2.97. The van der Waals surface area contributed by atoms with Crippen LogP contribution >= 0.6 is 0 Å². The summed E-state index contributed by atoms with van der Waals surface area (Å²) in [7, 11) is 0. The van der Waals surface area contributed by atoms with Crippen LogP contribution in [0.15, 0.2) is 91.3 Å². The van der Waals surface area contributed by atoms with Crippen LogP contribution in [0.1, 0.15) is 36.0 Å². The number of aryl methyl sites for hydroxylation is 2. The van der Waals surface area contributed by atoms with Crippen molar-refractivity contribution in [1.82, 2.24) is 14.5 Å². The van der Waals surface area contributed by atoms with Gasteiger partial charge in [-0.25, -0.2) is 4.98 Å². The molecule has 1 aliphatic rings. The van der Waals surface area contributed by atoms with Crippen LogP contribution in [-0.2, 0) is 11.3 Å². The average Bonchev–Trinajstić information content (AvgIpc) is 3.35. The highest BCUT2D eigenvalue weighted by Gasteiger charge is 2.13. The van der Waals surface area contributed by atoms with Gasteiger partial charge in [-0.3, -0.25) is 9.69 Å². The van der Waals surface area contributed by atoms with E-state index >= 15 is 0 Å². The van der Waals surface area contributed by atoms with Crippen molar-refractivity contribution in [2.45, 2.75) is 32.7 Å². The fourth-order valence-corrected chi connectivity index (χ4v) is 5.03. The van der Waals surface area contributed by atoms with E-state index in [9.17, 15) is 4.79 Å². The number of amides is 1. The van der Waals surface area contributed by atoms with E-state index in [1.165, 1.54) is 11.1 Å². The number of carbonyl (C=O) groups is 1. The third kappa shape index (κ3) is 6.43. The maximum atomic E-state index is 12.4. The Morgan fingerprint density at radius 1 is 1.00 bits per heavy atom. The molecule has 0 radical (unpaired) electrons. The molecule has 0 aliphatic carbocycles. The third-order valence-electron chi connectivity index (χ3n) is 6.96. The Labute approximate surface area is 219 Å². The van der Waals surface area contributed by atoms with E-state index < -0.39 is 0 Å². The lowest BCUT2D eigenvalue weighted by Gasteiger charge is -2.26. The van der Waals surface area contributed by atoms with Gasteiger partial charge in [0.05, 0.1) is 17.4 Å². The molecule has 1 amide bonds. The molecular weight excluding hydrogens is 456 g/mol. The van der Waals surface area contributed by atoms with Crippen LogP contribution in [0.4, 0.5) is 5.69 Å². The molecule has 0 saturated heterocycles. The van der Waals surface area contributed by atoms with Gasteiger partial charge in [0.1, 0.15) is 0 Å². The first-order valence-corrected chi connectivity index (χ1v) is 13.1. The number of benzene rings is 3. The highest BCUT2D eigenvalue weighted by atomic mass is 16.1. The zero-order valence-corrected chi connectivity index (χ0v) is 21.4. The molecule has 4 aromatic rings. The van der Waals surface area contributed by atoms with Crippen molar-refractivity contribution < 1.29 is 4.79 Å². The summed E-state index contributed by atoms with van der Waals surface area (Å²) in [6.07, 6.45) is 11.1. The van der Waals surface area contributed by atoms with E-state index in [1.54, 1.807) is 6.08 Å². The number of nitrogens with zero attached hydrogens (tertiary/aromatic N) is 3. The van der Waals surface area contributed by atoms with Crippen LogP contribution in [0.3, 0.4) is 0 Å². The number of fused-ring (bicyclic) bond motifs is 1. The third-order valence-corrected chi connectivity index (χ3v) is 6.96. The molecule has 3 aromatic carbocycles. The largest absolute Gasteiger partial charge is 0.330 e. The number of aromatic nitrogens is 2. The van der Waals surface area contributed by atoms with Crippen molar-refractivity contribution in [3.05, 3.63) is 108 Å². The lowest BCUT2D eigenvalue weighted by Crippen LogP contribution is -2.29. The maximum absolute atomic E-state index is 12.4. The van der Waals surface area contributed by atoms with E-state index in [0.717, 1.165) is 73.3 Å². The van der Waals surface area contributed by atoms with Gasteiger partial charge in [-0.2, -0.15) is 0 Å². The molecule has 5 heteroatoms. The molecule has 5 nitrogen and oxygen atoms in total. The number of hydrogen-bond donors (Lipinski definition) is 1. The highest BCUT2D eigenvalue weighted by Crippen LogP contribution is 2.24. The molecule has 2 heterocycles. The van der Waals surface area contributed by atoms with Crippen LogP contribution in [0, 0.1) is 6.92 Å². The summed E-state index contributed by atoms with van der Waals surface area (Å²) >= 11 is 0. The second-order valence-electron chi connectivity index (χ2n) is 9.69. The average molecular weight is 491 g/mol. The van der Waals surface area contributed by atoms with E-state index in [-0.39, 0.29) is 5.91 Å². The zero-order valence-electron chi connectivity index (χ0n) is 21.4. The summed E-state index contributed by atoms with van der Waals surface area (Å²) in [5.74, 6) is -0.148. The zero-order chi connectivity index (χ0) is 25.5. The second kappa shape index (κ2) is 11.8. The smallest absolute Gasteiger partial charge is 0.248 e. The topological polar surface area (TPSA) is 50.2 Å². The van der Waals surface area contributed by atoms with Crippen molar-refractivity contribution in [2.24, 2.45) is 0 Å². The summed E-state index contributed by atoms with van der Waals surface area (Å²) in [6.45, 7) is 6.31. The molecule has 1 aliphatic heterocycles. The summed E-state index contributed by atoms with van der Waals surface area (Å²) in [4.78, 5) is 19.6. The van der Waals surface area contributed by atoms with Crippen LogP contribution in [0.2, 0.25) is 0 Å². The molecule has 0 unspecified atom stereocenters. The molecule has 5 rings (SSSR count). The number of anilines is 1. The monoisotopic (exact) mass is 490 g/mol. The Morgan fingerprint density at radius 3 is 2.51 bits per heavy atom. The van der Waals surface area contributed by atoms with Gasteiger partial charge in [-0.1, -0.05) is 66.7 Å². The number of unbranched alkanes of at least 4 members (excludes halogenated alkanes) is 1. The molecular formula is C32H34N4O. The predicted octanol–water partition coefficient (Wildman–Crippen LogP) is 6.57. The van der Waals surface area contributed by atoms with E-state index in [4.69, 9.17) is 0 Å². The summed E-state index contributed by atoms with van der Waals surface area (Å²) < 4.78 is 2.25. The molecule has 0 saturated carbocycles. The number of imidazole rings is 1. The summed E-state index contributed by atoms with van der Waals surface area (Å²) in [5.41, 5.74) is 7.77. The first kappa shape index (κ1) is 24.7. The number of hydrogen-bond acceptors (Lipinski definition) is 3. The van der Waals surface area contributed by atoms with Crippen LogP contribution in [0.25, 0.3) is 22.7 Å². The molecule has 188 valence electrons. The lowest BCUT2D eigenvalue weighted by atomic mass is 9.99. The van der Waals surface area contributed by atoms with Gasteiger partial charge < -0.3 is 9.88 Å². The summed E-state index contributed by atoms with van der Waals surface area (Å²) in [6, 6.07) is 24.5. The van der Waals surface area contributed by atoms with Gasteiger partial charge in [0.25, 0.3) is 0 Å². The minimum atomic E-state index is -0.148. The van der Waals surface area contributed by atoms with Crippen LogP contribution in [0.5, 0.6) is 0 Å². The molecule has 37 heavy (non-hydrogen) atoms. The maximum Gasteiger partial charge on any atom is 0.248 e. The molecule has 1 N–H and O–H groups in total. The molecule has 1 aromatic heterocycles. The van der Waals surface area contributed by atoms with Crippen molar-refractivity contribution in [1.29, 1.82) is 0 Å². The molecule has 0 spiro atoms. The van der Waals surface area contributed by atoms with Gasteiger partial charge in [-0.15, -0.1) is 0 Å². The number of rotatable bonds is 9. The van der Waals surface area contributed by atoms with Crippen LogP contribution < -0.4 is 5.32 Å². The predicted molar refractivity (Wildman–Crippen MR) is 153 cm³/mol. The van der Waals surface area contributed by atoms with Crippen molar-refractivity contribution in [3.8, 4) is 0 Å². The minimum absolute atomic E-state index is 0.148. The number of carbonyl (C=O) groups excluding carboxylic acids is 1. The minimum Gasteiger partial charge on any atom is -0.330 e. The fourth-order valence-electron chi connectivity index (χ4n) is 5.03. The Bertz CT molecular complexity index is 1400. The fraction of sp³-hybridized carbons (Fsp3) is 0.250. The Morgan fingerprint density at radius 2 is 1.76 bits per heavy atom. The highest BCUT2D eigenvalue weighted by molar-refractivity contribution is 6.03. The molecule has 0 bridgehead atoms. The Kier molecular flexibility index (Phi) is 7.92. The lowest BCUT2D eigenvalue weighted by molar-refractivity contribution is -0.111. The van der Waals surface area contributed by atoms with Gasteiger partial charge in [0, 0.05) is 31.4 Å².